The van der Waals surface area contributed by atoms with E-state index in [-0.39, 0.29) is 11.8 Å². The zero-order chi connectivity index (χ0) is 15.4. The second-order valence-electron chi connectivity index (χ2n) is 5.22. The molecular weight excluding hydrogens is 268 g/mol. The van der Waals surface area contributed by atoms with Crippen molar-refractivity contribution < 1.29 is 14.4 Å². The summed E-state index contributed by atoms with van der Waals surface area (Å²) in [7, 11) is 1.46. The molecule has 0 saturated carbocycles. The number of hydrogen-bond donors (Lipinski definition) is 0. The summed E-state index contributed by atoms with van der Waals surface area (Å²) >= 11 is 0. The third-order valence-corrected chi connectivity index (χ3v) is 3.78. The van der Waals surface area contributed by atoms with Gasteiger partial charge in [0.2, 0.25) is 0 Å². The maximum atomic E-state index is 12.4. The summed E-state index contributed by atoms with van der Waals surface area (Å²) in [6, 6.07) is 5.36. The van der Waals surface area contributed by atoms with Crippen LogP contribution in [0.1, 0.15) is 42.1 Å². The molecular formula is C16H22N2O3. The Morgan fingerprint density at radius 3 is 2.48 bits per heavy atom. The third kappa shape index (κ3) is 3.24. The fourth-order valence-electron chi connectivity index (χ4n) is 2.60. The molecule has 1 aliphatic heterocycles. The second-order valence-corrected chi connectivity index (χ2v) is 5.22. The minimum Gasteiger partial charge on any atom is -0.339 e. The first-order valence-corrected chi connectivity index (χ1v) is 7.35. The van der Waals surface area contributed by atoms with Crippen molar-refractivity contribution in [3.8, 4) is 0 Å². The number of carbonyl (C=O) groups is 2. The highest BCUT2D eigenvalue weighted by Gasteiger charge is 2.22. The summed E-state index contributed by atoms with van der Waals surface area (Å²) in [5.41, 5.74) is 2.20. The fraction of sp³-hybridized carbons (Fsp3) is 0.500. The molecule has 2 rings (SSSR count). The molecule has 0 bridgehead atoms. The highest BCUT2D eigenvalue weighted by Crippen LogP contribution is 2.22. The summed E-state index contributed by atoms with van der Waals surface area (Å²) in [5, 5.41) is 1.26. The van der Waals surface area contributed by atoms with Gasteiger partial charge < -0.3 is 4.90 Å². The number of amides is 2. The Hall–Kier alpha value is -1.88. The number of hydrogen-bond acceptors (Lipinski definition) is 3. The monoisotopic (exact) mass is 290 g/mol. The number of anilines is 1. The van der Waals surface area contributed by atoms with Crippen LogP contribution in [0.25, 0.3) is 0 Å². The fourth-order valence-corrected chi connectivity index (χ4v) is 2.60. The molecule has 1 aromatic carbocycles. The lowest BCUT2D eigenvalue weighted by Crippen LogP contribution is -2.30. The molecule has 2 amide bonds. The van der Waals surface area contributed by atoms with Crippen molar-refractivity contribution in [3.63, 3.8) is 0 Å². The van der Waals surface area contributed by atoms with Crippen molar-refractivity contribution in [2.45, 2.75) is 33.1 Å². The van der Waals surface area contributed by atoms with Gasteiger partial charge in [0.25, 0.3) is 11.8 Å². The van der Waals surface area contributed by atoms with Crippen molar-refractivity contribution in [3.05, 3.63) is 29.3 Å². The van der Waals surface area contributed by atoms with Gasteiger partial charge in [0.15, 0.2) is 0 Å². The lowest BCUT2D eigenvalue weighted by Gasteiger charge is -2.21. The Bertz CT molecular complexity index is 536. The average Bonchev–Trinajstić information content (AvgIpc) is 3.01. The molecule has 0 radical (unpaired) electrons. The van der Waals surface area contributed by atoms with Gasteiger partial charge in [-0.25, -0.2) is 0 Å². The van der Waals surface area contributed by atoms with E-state index in [0.29, 0.717) is 17.7 Å². The summed E-state index contributed by atoms with van der Waals surface area (Å²) < 4.78 is 0. The summed E-state index contributed by atoms with van der Waals surface area (Å²) in [5.74, 6) is -0.0437. The topological polar surface area (TPSA) is 49.9 Å². The van der Waals surface area contributed by atoms with Crippen molar-refractivity contribution in [2.24, 2.45) is 0 Å². The van der Waals surface area contributed by atoms with Crippen molar-refractivity contribution in [2.75, 3.05) is 25.3 Å². The molecule has 1 saturated heterocycles. The molecule has 0 N–H and O–H groups in total. The largest absolute Gasteiger partial charge is 0.339 e. The van der Waals surface area contributed by atoms with E-state index in [0.717, 1.165) is 31.5 Å². The molecule has 1 heterocycles. The number of aryl methyl sites for hydroxylation is 1. The van der Waals surface area contributed by atoms with E-state index in [1.54, 1.807) is 19.1 Å². The van der Waals surface area contributed by atoms with Crippen LogP contribution in [-0.4, -0.2) is 36.9 Å². The molecule has 0 aliphatic carbocycles. The minimum absolute atomic E-state index is 0.0716. The molecule has 0 spiro atoms. The molecule has 1 fully saturated rings. The minimum atomic E-state index is -0.115. The van der Waals surface area contributed by atoms with Crippen LogP contribution >= 0.6 is 0 Å². The maximum absolute atomic E-state index is 12.4. The summed E-state index contributed by atoms with van der Waals surface area (Å²) in [4.78, 5) is 31.2. The van der Waals surface area contributed by atoms with Crippen molar-refractivity contribution in [1.82, 2.24) is 4.90 Å². The van der Waals surface area contributed by atoms with Gasteiger partial charge in [-0.1, -0.05) is 6.92 Å². The number of nitrogens with zero attached hydrogens (tertiary/aromatic N) is 2. The van der Waals surface area contributed by atoms with Crippen LogP contribution in [0.3, 0.4) is 0 Å². The number of carbonyl (C=O) groups excluding carboxylic acids is 2. The number of likely N-dealkylation sites (tertiary alicyclic amines) is 1. The zero-order valence-electron chi connectivity index (χ0n) is 12.9. The normalized spacial score (nSPS) is 14.3. The highest BCUT2D eigenvalue weighted by molar-refractivity contribution is 5.97. The van der Waals surface area contributed by atoms with Gasteiger partial charge in [-0.2, -0.15) is 5.06 Å². The van der Waals surface area contributed by atoms with Crippen molar-refractivity contribution in [1.29, 1.82) is 0 Å². The van der Waals surface area contributed by atoms with Crippen molar-refractivity contribution >= 4 is 17.5 Å². The SMILES string of the molecule is CCC(=O)N(OC)c1ccc(C(=O)N2CCCC2)c(C)c1. The summed E-state index contributed by atoms with van der Waals surface area (Å²) in [6.07, 6.45) is 2.51. The van der Waals surface area contributed by atoms with E-state index >= 15 is 0 Å². The molecule has 0 aromatic heterocycles. The molecule has 0 unspecified atom stereocenters. The standard InChI is InChI=1S/C16H22N2O3/c1-4-15(19)18(21-3)13-7-8-14(12(2)11-13)16(20)17-9-5-6-10-17/h7-8,11H,4-6,9-10H2,1-3H3. The summed E-state index contributed by atoms with van der Waals surface area (Å²) in [6.45, 7) is 5.33. The molecule has 5 heteroatoms. The van der Waals surface area contributed by atoms with E-state index < -0.39 is 0 Å². The highest BCUT2D eigenvalue weighted by atomic mass is 16.7. The van der Waals surface area contributed by atoms with Gasteiger partial charge in [0, 0.05) is 25.1 Å². The Balaban J connectivity index is 2.24. The predicted molar refractivity (Wildman–Crippen MR) is 81.1 cm³/mol. The average molecular weight is 290 g/mol. The van der Waals surface area contributed by atoms with Gasteiger partial charge in [-0.3, -0.25) is 14.4 Å². The Morgan fingerprint density at radius 1 is 1.29 bits per heavy atom. The Morgan fingerprint density at radius 2 is 1.95 bits per heavy atom. The van der Waals surface area contributed by atoms with E-state index in [1.807, 2.05) is 17.9 Å². The van der Waals surface area contributed by atoms with Gasteiger partial charge in [-0.05, 0) is 43.5 Å². The molecule has 114 valence electrons. The number of rotatable bonds is 4. The van der Waals surface area contributed by atoms with Gasteiger partial charge in [0.05, 0.1) is 12.8 Å². The predicted octanol–water partition coefficient (Wildman–Crippen LogP) is 2.54. The number of hydroxylamine groups is 1. The first-order chi connectivity index (χ1) is 10.1. The maximum Gasteiger partial charge on any atom is 0.254 e. The second kappa shape index (κ2) is 6.72. The van der Waals surface area contributed by atoms with Crippen LogP contribution in [0.5, 0.6) is 0 Å². The lowest BCUT2D eigenvalue weighted by atomic mass is 10.1. The first kappa shape index (κ1) is 15.5. The van der Waals surface area contributed by atoms with Crippen LogP contribution < -0.4 is 5.06 Å². The number of benzene rings is 1. The first-order valence-electron chi connectivity index (χ1n) is 7.35. The van der Waals surface area contributed by atoms with Gasteiger partial charge in [0.1, 0.15) is 0 Å². The van der Waals surface area contributed by atoms with E-state index in [2.05, 4.69) is 0 Å². The van der Waals surface area contributed by atoms with Crippen LogP contribution in [0, 0.1) is 6.92 Å². The smallest absolute Gasteiger partial charge is 0.254 e. The third-order valence-electron chi connectivity index (χ3n) is 3.78. The van der Waals surface area contributed by atoms with Gasteiger partial charge in [-0.15, -0.1) is 0 Å². The molecule has 1 aromatic rings. The van der Waals surface area contributed by atoms with Gasteiger partial charge >= 0.3 is 0 Å². The quantitative estimate of drug-likeness (QED) is 0.801. The Labute approximate surface area is 125 Å². The van der Waals surface area contributed by atoms with Crippen LogP contribution in [-0.2, 0) is 9.63 Å². The van der Waals surface area contributed by atoms with E-state index in [4.69, 9.17) is 4.84 Å². The van der Waals surface area contributed by atoms with Crippen LogP contribution in [0.4, 0.5) is 5.69 Å². The van der Waals surface area contributed by atoms with Crippen LogP contribution in [0.2, 0.25) is 0 Å². The van der Waals surface area contributed by atoms with Crippen LogP contribution in [0.15, 0.2) is 18.2 Å². The van der Waals surface area contributed by atoms with E-state index in [9.17, 15) is 9.59 Å². The molecule has 21 heavy (non-hydrogen) atoms. The lowest BCUT2D eigenvalue weighted by molar-refractivity contribution is -0.124. The molecule has 1 aliphatic rings. The molecule has 5 nitrogen and oxygen atoms in total. The van der Waals surface area contributed by atoms with E-state index in [1.165, 1.54) is 12.2 Å². The Kier molecular flexibility index (Phi) is 4.96. The molecule has 0 atom stereocenters. The zero-order valence-corrected chi connectivity index (χ0v) is 12.9.